The molecule has 0 bridgehead atoms. The van der Waals surface area contributed by atoms with Crippen molar-refractivity contribution in [1.82, 2.24) is 0 Å². The number of rotatable bonds is 9. The van der Waals surface area contributed by atoms with Gasteiger partial charge in [-0.2, -0.15) is 0 Å². The summed E-state index contributed by atoms with van der Waals surface area (Å²) < 4.78 is 31.4. The highest BCUT2D eigenvalue weighted by molar-refractivity contribution is 7.85. The fourth-order valence-corrected chi connectivity index (χ4v) is 2.60. The second-order valence-electron chi connectivity index (χ2n) is 4.93. The van der Waals surface area contributed by atoms with E-state index in [-0.39, 0.29) is 5.75 Å². The number of quaternary nitrogens is 1. The van der Waals surface area contributed by atoms with E-state index < -0.39 is 10.1 Å². The van der Waals surface area contributed by atoms with E-state index in [1.54, 1.807) is 0 Å². The van der Waals surface area contributed by atoms with Crippen LogP contribution in [0.15, 0.2) is 0 Å². The molecule has 0 aliphatic rings. The molecule has 0 aliphatic heterocycles. The zero-order valence-electron chi connectivity index (χ0n) is 13.4. The lowest BCUT2D eigenvalue weighted by Gasteiger charge is -2.34. The van der Waals surface area contributed by atoms with E-state index in [9.17, 15) is 13.0 Å². The van der Waals surface area contributed by atoms with E-state index in [1.807, 2.05) is 6.92 Å². The fourth-order valence-electron chi connectivity index (χ4n) is 2.05. The fraction of sp³-hybridized carbons (Fsp3) is 1.00. The Hall–Kier alpha value is -0.130. The predicted molar refractivity (Wildman–Crippen MR) is 81.1 cm³/mol. The van der Waals surface area contributed by atoms with Gasteiger partial charge in [0.05, 0.1) is 36.3 Å². The zero-order valence-corrected chi connectivity index (χ0v) is 14.3. The van der Waals surface area contributed by atoms with Gasteiger partial charge in [-0.05, 0) is 34.1 Å². The first-order valence-corrected chi connectivity index (χ1v) is 9.17. The van der Waals surface area contributed by atoms with Crippen LogP contribution in [0.25, 0.3) is 0 Å². The highest BCUT2D eigenvalue weighted by Gasteiger charge is 2.16. The van der Waals surface area contributed by atoms with E-state index in [0.29, 0.717) is 6.42 Å². The van der Waals surface area contributed by atoms with Crippen LogP contribution in [0.2, 0.25) is 0 Å². The van der Waals surface area contributed by atoms with Crippen LogP contribution in [0.1, 0.15) is 60.3 Å². The molecule has 118 valence electrons. The van der Waals surface area contributed by atoms with Crippen molar-refractivity contribution < 1.29 is 17.5 Å². The second-order valence-corrected chi connectivity index (χ2v) is 6.45. The molecule has 0 N–H and O–H groups in total. The summed E-state index contributed by atoms with van der Waals surface area (Å²) in [6.45, 7) is 16.3. The van der Waals surface area contributed by atoms with Gasteiger partial charge in [-0.15, -0.1) is 0 Å². The van der Waals surface area contributed by atoms with Crippen molar-refractivity contribution in [3.63, 3.8) is 0 Å². The molecule has 0 heterocycles. The van der Waals surface area contributed by atoms with E-state index in [4.69, 9.17) is 0 Å². The molecule has 5 heteroatoms. The van der Waals surface area contributed by atoms with Crippen LogP contribution in [0, 0.1) is 0 Å². The van der Waals surface area contributed by atoms with Crippen molar-refractivity contribution in [2.24, 2.45) is 0 Å². The Labute approximate surface area is 120 Å². The number of nitrogens with zero attached hydrogens (tertiary/aromatic N) is 1. The third kappa shape index (κ3) is 12.6. The first-order valence-electron chi connectivity index (χ1n) is 7.59. The van der Waals surface area contributed by atoms with Crippen LogP contribution in [0.4, 0.5) is 0 Å². The maximum absolute atomic E-state index is 10.0. The number of unbranched alkanes of at least 4 members (excludes halogenated alkanes) is 3. The van der Waals surface area contributed by atoms with Gasteiger partial charge in [-0.1, -0.05) is 26.2 Å². The molecular formula is C14H33NO3S. The third-order valence-electron chi connectivity index (χ3n) is 3.93. The monoisotopic (exact) mass is 295 g/mol. The number of hydrogen-bond donors (Lipinski definition) is 0. The molecule has 4 nitrogen and oxygen atoms in total. The smallest absolute Gasteiger partial charge is 0.0945 e. The van der Waals surface area contributed by atoms with Gasteiger partial charge in [0.1, 0.15) is 0 Å². The molecule has 0 unspecified atom stereocenters. The van der Waals surface area contributed by atoms with Crippen LogP contribution in [0.3, 0.4) is 0 Å². The van der Waals surface area contributed by atoms with E-state index in [2.05, 4.69) is 27.7 Å². The molecule has 0 radical (unpaired) electrons. The minimum absolute atomic E-state index is 0.201. The quantitative estimate of drug-likeness (QED) is 0.373. The Morgan fingerprint density at radius 2 is 1.21 bits per heavy atom. The van der Waals surface area contributed by atoms with Crippen LogP contribution in [0.5, 0.6) is 0 Å². The van der Waals surface area contributed by atoms with Crippen molar-refractivity contribution in [1.29, 1.82) is 0 Å². The minimum Gasteiger partial charge on any atom is -0.748 e. The van der Waals surface area contributed by atoms with Crippen LogP contribution < -0.4 is 0 Å². The van der Waals surface area contributed by atoms with Crippen LogP contribution in [-0.2, 0) is 10.1 Å². The Kier molecular flexibility index (Phi) is 13.0. The van der Waals surface area contributed by atoms with Crippen molar-refractivity contribution in [2.75, 3.05) is 31.9 Å². The zero-order chi connectivity index (χ0) is 15.4. The Balaban J connectivity index is 0. The van der Waals surface area contributed by atoms with Gasteiger partial charge in [0, 0.05) is 5.75 Å². The van der Waals surface area contributed by atoms with Gasteiger partial charge in [0.2, 0.25) is 0 Å². The minimum atomic E-state index is -3.95. The normalized spacial score (nSPS) is 11.9. The number of hydrogen-bond acceptors (Lipinski definition) is 3. The summed E-state index contributed by atoms with van der Waals surface area (Å²) in [6, 6.07) is 0. The lowest BCUT2D eigenvalue weighted by atomic mass is 10.2. The summed E-state index contributed by atoms with van der Waals surface area (Å²) in [4.78, 5) is 0. The molecule has 0 saturated carbocycles. The molecule has 0 aromatic rings. The van der Waals surface area contributed by atoms with Crippen molar-refractivity contribution in [2.45, 2.75) is 60.3 Å². The molecule has 0 fully saturated rings. The van der Waals surface area contributed by atoms with Gasteiger partial charge >= 0.3 is 0 Å². The topological polar surface area (TPSA) is 57.2 Å². The second kappa shape index (κ2) is 11.7. The summed E-state index contributed by atoms with van der Waals surface area (Å²) in [5, 5.41) is 0. The van der Waals surface area contributed by atoms with Gasteiger partial charge in [-0.25, -0.2) is 8.42 Å². The molecule has 19 heavy (non-hydrogen) atoms. The Bertz CT molecular complexity index is 268. The Morgan fingerprint density at radius 1 is 0.789 bits per heavy atom. The average molecular weight is 295 g/mol. The molecular weight excluding hydrogens is 262 g/mol. The summed E-state index contributed by atoms with van der Waals surface area (Å²) in [7, 11) is -3.95. The van der Waals surface area contributed by atoms with Gasteiger partial charge in [0.15, 0.2) is 0 Å². The van der Waals surface area contributed by atoms with E-state index >= 15 is 0 Å². The summed E-state index contributed by atoms with van der Waals surface area (Å²) in [5.74, 6) is -0.201. The lowest BCUT2D eigenvalue weighted by Crippen LogP contribution is -2.47. The lowest BCUT2D eigenvalue weighted by molar-refractivity contribution is -0.921. The predicted octanol–water partition coefficient (Wildman–Crippen LogP) is 2.99. The van der Waals surface area contributed by atoms with Crippen LogP contribution >= 0.6 is 0 Å². The molecule has 0 saturated heterocycles. The summed E-state index contributed by atoms with van der Waals surface area (Å²) >= 11 is 0. The first-order chi connectivity index (χ1) is 8.80. The largest absolute Gasteiger partial charge is 0.748 e. The molecule has 0 spiro atoms. The molecule has 0 amide bonds. The molecule has 0 atom stereocenters. The molecule has 0 rings (SSSR count). The first kappa shape index (κ1) is 21.2. The Morgan fingerprint density at radius 3 is 1.42 bits per heavy atom. The molecule has 0 aromatic carbocycles. The third-order valence-corrected chi connectivity index (χ3v) is 4.72. The maximum atomic E-state index is 10.0. The van der Waals surface area contributed by atoms with Gasteiger partial charge in [-0.3, -0.25) is 0 Å². The standard InChI is InChI=1S/C8H20N.C6H14O3S/c1-5-9(6-2,7-3)8-4;1-2-3-4-5-6-10(7,8)9/h5-8H2,1-4H3;2-6H2,1H3,(H,7,8,9)/q+1;/p-1. The van der Waals surface area contributed by atoms with Crippen molar-refractivity contribution in [3.05, 3.63) is 0 Å². The van der Waals surface area contributed by atoms with E-state index in [0.717, 1.165) is 19.3 Å². The summed E-state index contributed by atoms with van der Waals surface area (Å²) in [6.07, 6.45) is 3.42. The molecule has 0 aromatic heterocycles. The van der Waals surface area contributed by atoms with Gasteiger partial charge < -0.3 is 9.04 Å². The average Bonchev–Trinajstić information content (AvgIpc) is 2.38. The summed E-state index contributed by atoms with van der Waals surface area (Å²) in [5.41, 5.74) is 0. The van der Waals surface area contributed by atoms with Crippen molar-refractivity contribution in [3.8, 4) is 0 Å². The SMILES string of the molecule is CCCCCCS(=O)(=O)[O-].CC[N+](CC)(CC)CC. The van der Waals surface area contributed by atoms with Crippen molar-refractivity contribution >= 4 is 10.1 Å². The molecule has 0 aliphatic carbocycles. The van der Waals surface area contributed by atoms with E-state index in [1.165, 1.54) is 30.7 Å². The maximum Gasteiger partial charge on any atom is 0.0945 e. The highest BCUT2D eigenvalue weighted by Crippen LogP contribution is 2.03. The highest BCUT2D eigenvalue weighted by atomic mass is 32.2. The van der Waals surface area contributed by atoms with Crippen LogP contribution in [-0.4, -0.2) is 49.4 Å². The van der Waals surface area contributed by atoms with Gasteiger partial charge in [0.25, 0.3) is 0 Å².